The summed E-state index contributed by atoms with van der Waals surface area (Å²) < 4.78 is 25.5. The van der Waals surface area contributed by atoms with Gasteiger partial charge in [0, 0.05) is 27.7 Å². The lowest BCUT2D eigenvalue weighted by Gasteiger charge is -2.42. The molecular formula is C14H22ClNO9. The van der Waals surface area contributed by atoms with Crippen LogP contribution in [0.4, 0.5) is 0 Å². The summed E-state index contributed by atoms with van der Waals surface area (Å²) in [6.07, 6.45) is -4.58. The number of carbonyl (C=O) groups is 4. The van der Waals surface area contributed by atoms with Gasteiger partial charge in [-0.3, -0.25) is 19.2 Å². The van der Waals surface area contributed by atoms with E-state index in [0.717, 1.165) is 20.8 Å². The van der Waals surface area contributed by atoms with Crippen molar-refractivity contribution >= 4 is 36.3 Å². The van der Waals surface area contributed by atoms with Crippen molar-refractivity contribution in [3.63, 3.8) is 0 Å². The third-order valence-electron chi connectivity index (χ3n) is 3.03. The van der Waals surface area contributed by atoms with Crippen LogP contribution in [0.25, 0.3) is 0 Å². The van der Waals surface area contributed by atoms with Crippen molar-refractivity contribution in [1.29, 1.82) is 0 Å². The van der Waals surface area contributed by atoms with Crippen LogP contribution in [0.3, 0.4) is 0 Å². The molecule has 25 heavy (non-hydrogen) atoms. The van der Waals surface area contributed by atoms with Crippen molar-refractivity contribution in [3.05, 3.63) is 0 Å². The molecule has 1 aliphatic rings. The Hall–Kier alpha value is -1.91. The van der Waals surface area contributed by atoms with Gasteiger partial charge in [-0.25, -0.2) is 0 Å². The van der Waals surface area contributed by atoms with Gasteiger partial charge in [-0.15, -0.1) is 12.4 Å². The summed E-state index contributed by atoms with van der Waals surface area (Å²) in [6, 6.07) is -1.10. The molecule has 0 aliphatic carbocycles. The average Bonchev–Trinajstić information content (AvgIpc) is 2.42. The first-order valence-electron chi connectivity index (χ1n) is 7.18. The van der Waals surface area contributed by atoms with Crippen LogP contribution < -0.4 is 5.73 Å². The normalized spacial score (nSPS) is 28.1. The lowest BCUT2D eigenvalue weighted by atomic mass is 9.97. The zero-order chi connectivity index (χ0) is 18.4. The second kappa shape index (κ2) is 10.2. The van der Waals surface area contributed by atoms with Gasteiger partial charge < -0.3 is 29.4 Å². The molecule has 11 heteroatoms. The molecule has 0 saturated carbocycles. The predicted molar refractivity (Wildman–Crippen MR) is 83.4 cm³/mol. The van der Waals surface area contributed by atoms with Gasteiger partial charge in [0.1, 0.15) is 18.8 Å². The summed E-state index contributed by atoms with van der Waals surface area (Å²) in [6.45, 7) is 4.32. The molecule has 0 radical (unpaired) electrons. The van der Waals surface area contributed by atoms with E-state index in [1.54, 1.807) is 0 Å². The van der Waals surface area contributed by atoms with E-state index in [9.17, 15) is 19.2 Å². The molecule has 0 aromatic rings. The van der Waals surface area contributed by atoms with Gasteiger partial charge in [-0.2, -0.15) is 0 Å². The summed E-state index contributed by atoms with van der Waals surface area (Å²) in [4.78, 5) is 44.9. The van der Waals surface area contributed by atoms with Crippen molar-refractivity contribution in [2.24, 2.45) is 5.73 Å². The Morgan fingerprint density at radius 2 is 1.32 bits per heavy atom. The van der Waals surface area contributed by atoms with Crippen molar-refractivity contribution in [2.45, 2.75) is 58.3 Å². The van der Waals surface area contributed by atoms with Crippen LogP contribution in [0.5, 0.6) is 0 Å². The lowest BCUT2D eigenvalue weighted by molar-refractivity contribution is -0.267. The molecule has 144 valence electrons. The molecule has 1 aliphatic heterocycles. The Bertz CT molecular complexity index is 497. The van der Waals surface area contributed by atoms with E-state index < -0.39 is 54.5 Å². The Labute approximate surface area is 150 Å². The van der Waals surface area contributed by atoms with Crippen LogP contribution in [-0.2, 0) is 42.9 Å². The summed E-state index contributed by atoms with van der Waals surface area (Å²) in [5.74, 6) is -2.62. The maximum atomic E-state index is 11.3. The van der Waals surface area contributed by atoms with Gasteiger partial charge in [0.05, 0.1) is 0 Å². The fourth-order valence-electron chi connectivity index (χ4n) is 2.20. The molecule has 0 bridgehead atoms. The van der Waals surface area contributed by atoms with Crippen LogP contribution in [0, 0.1) is 0 Å². The highest BCUT2D eigenvalue weighted by Gasteiger charge is 2.50. The minimum atomic E-state index is -1.26. The van der Waals surface area contributed by atoms with E-state index >= 15 is 0 Å². The molecule has 1 saturated heterocycles. The largest absolute Gasteiger partial charge is 0.463 e. The molecule has 1 fully saturated rings. The number of hydrogen-bond acceptors (Lipinski definition) is 10. The van der Waals surface area contributed by atoms with Crippen LogP contribution in [0.15, 0.2) is 0 Å². The molecule has 1 heterocycles. The van der Waals surface area contributed by atoms with Crippen LogP contribution >= 0.6 is 12.4 Å². The Kier molecular flexibility index (Phi) is 9.39. The zero-order valence-electron chi connectivity index (χ0n) is 14.3. The van der Waals surface area contributed by atoms with E-state index in [1.807, 2.05) is 0 Å². The highest BCUT2D eigenvalue weighted by molar-refractivity contribution is 5.85. The number of halogens is 1. The zero-order valence-corrected chi connectivity index (χ0v) is 15.1. The van der Waals surface area contributed by atoms with E-state index in [-0.39, 0.29) is 19.0 Å². The topological polar surface area (TPSA) is 140 Å². The van der Waals surface area contributed by atoms with E-state index in [0.29, 0.717) is 0 Å². The molecule has 0 aromatic heterocycles. The first-order chi connectivity index (χ1) is 11.1. The Morgan fingerprint density at radius 3 is 1.76 bits per heavy atom. The SMILES string of the molecule is CC(=O)OC[C@@H]1OC(OC(C)=O)[C@@H](N)[C@H](OC(C)=O)[C@@H]1OC(C)=O.Cl. The molecule has 0 amide bonds. The second-order valence-corrected chi connectivity index (χ2v) is 5.18. The maximum Gasteiger partial charge on any atom is 0.304 e. The first kappa shape index (κ1) is 23.1. The predicted octanol–water partition coefficient (Wildman–Crippen LogP) is -0.550. The molecule has 2 N–H and O–H groups in total. The molecule has 0 spiro atoms. The van der Waals surface area contributed by atoms with Gasteiger partial charge in [0.15, 0.2) is 12.2 Å². The summed E-state index contributed by atoms with van der Waals surface area (Å²) >= 11 is 0. The number of nitrogens with two attached hydrogens (primary N) is 1. The van der Waals surface area contributed by atoms with Gasteiger partial charge >= 0.3 is 23.9 Å². The maximum absolute atomic E-state index is 11.3. The Morgan fingerprint density at radius 1 is 0.840 bits per heavy atom. The number of rotatable bonds is 5. The standard InChI is InChI=1S/C14H21NO9.ClH/c1-6(16)20-5-10-12(21-7(2)17)13(22-8(3)18)11(15)14(24-10)23-9(4)19;/h10-14H,5,15H2,1-4H3;1H/t10-,11-,12+,13-,14?;/m0./s1. The smallest absolute Gasteiger partial charge is 0.304 e. The fraction of sp³-hybridized carbons (Fsp3) is 0.714. The number of esters is 4. The third kappa shape index (κ3) is 7.24. The monoisotopic (exact) mass is 383 g/mol. The molecule has 1 unspecified atom stereocenters. The highest BCUT2D eigenvalue weighted by Crippen LogP contribution is 2.26. The van der Waals surface area contributed by atoms with Crippen LogP contribution in [-0.4, -0.2) is 61.1 Å². The average molecular weight is 384 g/mol. The lowest BCUT2D eigenvalue weighted by Crippen LogP contribution is -2.65. The third-order valence-corrected chi connectivity index (χ3v) is 3.03. The summed E-state index contributed by atoms with van der Waals surface area (Å²) in [7, 11) is 0. The summed E-state index contributed by atoms with van der Waals surface area (Å²) in [5, 5.41) is 0. The van der Waals surface area contributed by atoms with E-state index in [1.165, 1.54) is 6.92 Å². The molecular weight excluding hydrogens is 362 g/mol. The summed E-state index contributed by atoms with van der Waals surface area (Å²) in [5.41, 5.74) is 5.93. The quantitative estimate of drug-likeness (QED) is 0.485. The molecule has 1 rings (SSSR count). The molecule has 0 aromatic carbocycles. The van der Waals surface area contributed by atoms with Crippen LogP contribution in [0.2, 0.25) is 0 Å². The van der Waals surface area contributed by atoms with Crippen molar-refractivity contribution in [1.82, 2.24) is 0 Å². The van der Waals surface area contributed by atoms with E-state index in [4.69, 9.17) is 29.4 Å². The van der Waals surface area contributed by atoms with Gasteiger partial charge in [-0.05, 0) is 0 Å². The highest BCUT2D eigenvalue weighted by atomic mass is 35.5. The molecule has 10 nitrogen and oxygen atoms in total. The second-order valence-electron chi connectivity index (χ2n) is 5.18. The van der Waals surface area contributed by atoms with Crippen LogP contribution in [0.1, 0.15) is 27.7 Å². The van der Waals surface area contributed by atoms with Gasteiger partial charge in [0.25, 0.3) is 0 Å². The Balaban J connectivity index is 0.00000576. The van der Waals surface area contributed by atoms with Crippen molar-refractivity contribution in [2.75, 3.05) is 6.61 Å². The van der Waals surface area contributed by atoms with Gasteiger partial charge in [-0.1, -0.05) is 0 Å². The van der Waals surface area contributed by atoms with Gasteiger partial charge in [0.2, 0.25) is 6.29 Å². The van der Waals surface area contributed by atoms with E-state index in [2.05, 4.69) is 0 Å². The van der Waals surface area contributed by atoms with Crippen molar-refractivity contribution in [3.8, 4) is 0 Å². The fourth-order valence-corrected chi connectivity index (χ4v) is 2.20. The minimum absolute atomic E-state index is 0. The van der Waals surface area contributed by atoms with Crippen molar-refractivity contribution < 1.29 is 42.9 Å². The minimum Gasteiger partial charge on any atom is -0.463 e. The number of carbonyl (C=O) groups excluding carboxylic acids is 4. The molecule has 5 atom stereocenters. The first-order valence-corrected chi connectivity index (χ1v) is 7.18. The number of hydrogen-bond donors (Lipinski definition) is 1. The number of ether oxygens (including phenoxy) is 5.